The highest BCUT2D eigenvalue weighted by Crippen LogP contribution is 2.41. The first kappa shape index (κ1) is 31.6. The molecule has 0 atom stereocenters. The lowest BCUT2D eigenvalue weighted by molar-refractivity contribution is -0.274. The van der Waals surface area contributed by atoms with Gasteiger partial charge in [0.1, 0.15) is 17.1 Å². The van der Waals surface area contributed by atoms with Crippen molar-refractivity contribution < 1.29 is 43.9 Å². The number of halogens is 7. The maximum absolute atomic E-state index is 13.0. The highest BCUT2D eigenvalue weighted by atomic mass is 35.5. The number of aliphatic imine (C=N–C) groups is 1. The predicted octanol–water partition coefficient (Wildman–Crippen LogP) is 7.96. The van der Waals surface area contributed by atoms with Crippen LogP contribution in [0.15, 0.2) is 91.8 Å². The molecule has 0 unspecified atom stereocenters. The molecule has 0 fully saturated rings. The number of nitrogens with two attached hydrogens (primary N) is 1. The summed E-state index contributed by atoms with van der Waals surface area (Å²) in [7, 11) is -3.55. The summed E-state index contributed by atoms with van der Waals surface area (Å²) in [5.41, 5.74) is 5.21. The van der Waals surface area contributed by atoms with Crippen molar-refractivity contribution in [2.24, 2.45) is 10.7 Å². The maximum Gasteiger partial charge on any atom is 0.573 e. The third-order valence-electron chi connectivity index (χ3n) is 5.81. The van der Waals surface area contributed by atoms with Crippen LogP contribution in [-0.4, -0.2) is 38.4 Å². The molecule has 0 aliphatic heterocycles. The van der Waals surface area contributed by atoms with Crippen LogP contribution in [0.4, 0.5) is 32.0 Å². The Hall–Kier alpha value is -4.30. The number of alkyl halides is 6. The number of oxazole rings is 1. The van der Waals surface area contributed by atoms with Gasteiger partial charge in [-0.2, -0.15) is 13.2 Å². The monoisotopic (exact) mass is 643 g/mol. The number of nitrogens with zero attached hydrogens (tertiary/aromatic N) is 2. The van der Waals surface area contributed by atoms with Crippen LogP contribution in [0, 0.1) is 6.92 Å². The minimum absolute atomic E-state index is 0.0485. The fourth-order valence-corrected chi connectivity index (χ4v) is 4.69. The third kappa shape index (κ3) is 7.76. The van der Waals surface area contributed by atoms with E-state index in [2.05, 4.69) is 14.7 Å². The average molecular weight is 644 g/mol. The van der Waals surface area contributed by atoms with Crippen LogP contribution in [-0.2, 0) is 9.84 Å². The van der Waals surface area contributed by atoms with Gasteiger partial charge in [0.25, 0.3) is 0 Å². The number of aromatic nitrogens is 1. The molecule has 4 aromatic rings. The van der Waals surface area contributed by atoms with Crippen LogP contribution in [0.1, 0.15) is 5.89 Å². The number of hydrogen-bond acceptors (Lipinski definition) is 7. The number of sulfone groups is 1. The van der Waals surface area contributed by atoms with Gasteiger partial charge in [-0.25, -0.2) is 13.4 Å². The number of ether oxygens (including phenoxy) is 1. The van der Waals surface area contributed by atoms with Gasteiger partial charge in [0, 0.05) is 30.5 Å². The molecule has 1 heterocycles. The molecule has 2 N–H and O–H groups in total. The highest BCUT2D eigenvalue weighted by molar-refractivity contribution is 7.90. The molecule has 4 rings (SSSR count). The van der Waals surface area contributed by atoms with Crippen LogP contribution in [0.25, 0.3) is 33.7 Å². The topological polar surface area (TPSA) is 108 Å². The zero-order valence-electron chi connectivity index (χ0n) is 22.1. The second kappa shape index (κ2) is 11.8. The molecular weight excluding hydrogens is 624 g/mol. The van der Waals surface area contributed by atoms with Gasteiger partial charge in [-0.05, 0) is 59.7 Å². The van der Waals surface area contributed by atoms with Gasteiger partial charge in [-0.1, -0.05) is 29.8 Å². The highest BCUT2D eigenvalue weighted by Gasteiger charge is 2.34. The lowest BCUT2D eigenvalue weighted by atomic mass is 9.98. The van der Waals surface area contributed by atoms with Crippen molar-refractivity contribution in [1.82, 2.24) is 4.98 Å². The summed E-state index contributed by atoms with van der Waals surface area (Å²) in [6.07, 6.45) is -8.04. The van der Waals surface area contributed by atoms with E-state index < -0.39 is 38.9 Å². The van der Waals surface area contributed by atoms with Gasteiger partial charge in [0.05, 0.1) is 15.6 Å². The summed E-state index contributed by atoms with van der Waals surface area (Å²) < 4.78 is 111. The first-order chi connectivity index (χ1) is 19.9. The Bertz CT molecular complexity index is 1830. The standard InChI is InChI=1S/C28H20ClF6N3O4S/c1-15-38-24(25(41-15)16-6-9-19(10-7-16)42-28(33,34)35)21-13-18(17-4-3-5-20(12-17)43(2,39)40)8-11-23(21)37-14-22(29)26(36)27(30,31)32/h3-14H,36H2,1-2H3. The smallest absolute Gasteiger partial charge is 0.440 e. The van der Waals surface area contributed by atoms with E-state index in [-0.39, 0.29) is 33.5 Å². The van der Waals surface area contributed by atoms with Crippen molar-refractivity contribution in [3.8, 4) is 39.5 Å². The van der Waals surface area contributed by atoms with E-state index in [0.717, 1.165) is 18.4 Å². The third-order valence-corrected chi connectivity index (χ3v) is 7.22. The molecule has 15 heteroatoms. The summed E-state index contributed by atoms with van der Waals surface area (Å²) in [5, 5.41) is -0.875. The zero-order valence-corrected chi connectivity index (χ0v) is 23.7. The van der Waals surface area contributed by atoms with Gasteiger partial charge in [0.2, 0.25) is 0 Å². The Labute approximate surface area is 246 Å². The van der Waals surface area contributed by atoms with Gasteiger partial charge < -0.3 is 14.9 Å². The average Bonchev–Trinajstić information content (AvgIpc) is 3.31. The lowest BCUT2D eigenvalue weighted by Crippen LogP contribution is -2.20. The SMILES string of the molecule is Cc1nc(-c2cc(-c3cccc(S(C)(=O)=O)c3)ccc2N=CC(Cl)=C(N)C(F)(F)F)c(-c2ccc(OC(F)(F)F)cc2)o1. The Morgan fingerprint density at radius 2 is 1.60 bits per heavy atom. The van der Waals surface area contributed by atoms with E-state index in [0.29, 0.717) is 22.9 Å². The van der Waals surface area contributed by atoms with Gasteiger partial charge in [-0.15, -0.1) is 13.2 Å². The first-order valence-electron chi connectivity index (χ1n) is 12.0. The fraction of sp³-hybridized carbons (Fsp3) is 0.143. The summed E-state index contributed by atoms with van der Waals surface area (Å²) in [6, 6.07) is 15.3. The summed E-state index contributed by atoms with van der Waals surface area (Å²) in [4.78, 5) is 8.53. The molecule has 0 aliphatic carbocycles. The molecule has 7 nitrogen and oxygen atoms in total. The van der Waals surface area contributed by atoms with Crippen LogP contribution in [0.3, 0.4) is 0 Å². The predicted molar refractivity (Wildman–Crippen MR) is 149 cm³/mol. The number of hydrogen-bond donors (Lipinski definition) is 1. The Kier molecular flexibility index (Phi) is 8.65. The maximum atomic E-state index is 13.0. The van der Waals surface area contributed by atoms with E-state index in [1.165, 1.54) is 43.3 Å². The van der Waals surface area contributed by atoms with Gasteiger partial charge in [0.15, 0.2) is 21.5 Å². The number of allylic oxidation sites excluding steroid dienone is 2. The molecule has 0 bridgehead atoms. The van der Waals surface area contributed by atoms with Crippen LogP contribution in [0.5, 0.6) is 5.75 Å². The van der Waals surface area contributed by atoms with E-state index in [4.69, 9.17) is 21.8 Å². The first-order valence-corrected chi connectivity index (χ1v) is 14.2. The molecule has 3 aromatic carbocycles. The molecule has 226 valence electrons. The van der Waals surface area contributed by atoms with Gasteiger partial charge >= 0.3 is 12.5 Å². The molecule has 0 saturated heterocycles. The van der Waals surface area contributed by atoms with Crippen LogP contribution < -0.4 is 10.5 Å². The van der Waals surface area contributed by atoms with E-state index in [1.807, 2.05) is 0 Å². The molecular formula is C28H20ClF6N3O4S. The summed E-state index contributed by atoms with van der Waals surface area (Å²) in [6.45, 7) is 1.51. The number of benzene rings is 3. The molecule has 0 spiro atoms. The molecule has 0 amide bonds. The van der Waals surface area contributed by atoms with Crippen LogP contribution in [0.2, 0.25) is 0 Å². The normalized spacial score (nSPS) is 13.3. The summed E-state index contributed by atoms with van der Waals surface area (Å²) >= 11 is 5.75. The largest absolute Gasteiger partial charge is 0.573 e. The quantitative estimate of drug-likeness (QED) is 0.162. The van der Waals surface area contributed by atoms with E-state index >= 15 is 0 Å². The second-order valence-corrected chi connectivity index (χ2v) is 11.5. The van der Waals surface area contributed by atoms with Crippen molar-refractivity contribution in [3.63, 3.8) is 0 Å². The fourth-order valence-electron chi connectivity index (χ4n) is 3.87. The number of rotatable bonds is 7. The van der Waals surface area contributed by atoms with Gasteiger partial charge in [-0.3, -0.25) is 4.99 Å². The molecule has 43 heavy (non-hydrogen) atoms. The second-order valence-electron chi connectivity index (χ2n) is 9.03. The molecule has 0 saturated carbocycles. The Balaban J connectivity index is 1.89. The van der Waals surface area contributed by atoms with E-state index in [9.17, 15) is 34.8 Å². The van der Waals surface area contributed by atoms with Crippen molar-refractivity contribution >= 4 is 33.3 Å². The molecule has 0 radical (unpaired) electrons. The zero-order chi connectivity index (χ0) is 31.7. The minimum atomic E-state index is -4.90. The minimum Gasteiger partial charge on any atom is -0.440 e. The van der Waals surface area contributed by atoms with Crippen molar-refractivity contribution in [1.29, 1.82) is 0 Å². The Morgan fingerprint density at radius 3 is 2.21 bits per heavy atom. The lowest BCUT2D eigenvalue weighted by Gasteiger charge is -2.11. The number of aryl methyl sites for hydroxylation is 1. The summed E-state index contributed by atoms with van der Waals surface area (Å²) in [5.74, 6) is -0.221. The van der Waals surface area contributed by atoms with Crippen molar-refractivity contribution in [2.45, 2.75) is 24.4 Å². The van der Waals surface area contributed by atoms with E-state index in [1.54, 1.807) is 18.2 Å². The molecule has 0 aliphatic rings. The van der Waals surface area contributed by atoms with Crippen molar-refractivity contribution in [2.75, 3.05) is 6.26 Å². The molecule has 1 aromatic heterocycles. The Morgan fingerprint density at radius 1 is 0.977 bits per heavy atom. The van der Waals surface area contributed by atoms with Crippen LogP contribution >= 0.6 is 11.6 Å². The van der Waals surface area contributed by atoms with Crippen molar-refractivity contribution in [3.05, 3.63) is 83.4 Å².